The highest BCUT2D eigenvalue weighted by Gasteiger charge is 2.38. The Morgan fingerprint density at radius 1 is 1.00 bits per heavy atom. The van der Waals surface area contributed by atoms with E-state index in [2.05, 4.69) is 0 Å². The molecule has 0 N–H and O–H groups in total. The summed E-state index contributed by atoms with van der Waals surface area (Å²) >= 11 is 0. The average Bonchev–Trinajstić information content (AvgIpc) is 3.51. The van der Waals surface area contributed by atoms with Crippen molar-refractivity contribution in [2.24, 2.45) is 0 Å². The molecule has 2 heterocycles. The van der Waals surface area contributed by atoms with Crippen LogP contribution in [0.3, 0.4) is 0 Å². The number of fused-ring (bicyclic) bond motifs is 1. The van der Waals surface area contributed by atoms with Gasteiger partial charge in [-0.3, -0.25) is 24.7 Å². The number of hydrogen-bond donors (Lipinski definition) is 0. The molecule has 2 amide bonds. The molecule has 180 valence electrons. The van der Waals surface area contributed by atoms with E-state index in [-0.39, 0.29) is 48.5 Å². The standard InChI is InChI=1S/C22H23N3O9/c1-30-17-11-14(19(25(28)29)21(32-3)20(17)31-2)22(27)24-8-4-7-23(24)18(26)10-13-5-6-15-16(9-13)34-12-33-15/h5-6,9,11H,4,7-8,10,12H2,1-3H3. The molecule has 2 aliphatic heterocycles. The van der Waals surface area contributed by atoms with Crippen molar-refractivity contribution in [2.45, 2.75) is 12.8 Å². The van der Waals surface area contributed by atoms with E-state index in [0.717, 1.165) is 0 Å². The number of rotatable bonds is 7. The Labute approximate surface area is 194 Å². The molecular formula is C22H23N3O9. The van der Waals surface area contributed by atoms with E-state index in [1.807, 2.05) is 0 Å². The fourth-order valence-corrected chi connectivity index (χ4v) is 4.02. The summed E-state index contributed by atoms with van der Waals surface area (Å²) in [6.07, 6.45) is 0.536. The fraction of sp³-hybridized carbons (Fsp3) is 0.364. The highest BCUT2D eigenvalue weighted by Crippen LogP contribution is 2.46. The van der Waals surface area contributed by atoms with Crippen LogP contribution in [-0.4, -0.2) is 68.0 Å². The summed E-state index contributed by atoms with van der Waals surface area (Å²) in [5.74, 6) is -0.0670. The maximum absolute atomic E-state index is 13.5. The minimum Gasteiger partial charge on any atom is -0.493 e. The third-order valence-electron chi connectivity index (χ3n) is 5.56. The molecule has 12 heteroatoms. The molecule has 0 bridgehead atoms. The number of methoxy groups -OCH3 is 3. The van der Waals surface area contributed by atoms with Crippen LogP contribution >= 0.6 is 0 Å². The fourth-order valence-electron chi connectivity index (χ4n) is 4.02. The maximum atomic E-state index is 13.5. The second-order valence-electron chi connectivity index (χ2n) is 7.46. The molecule has 0 atom stereocenters. The molecule has 0 spiro atoms. The number of amides is 2. The molecule has 2 aliphatic rings. The zero-order valence-electron chi connectivity index (χ0n) is 18.9. The molecule has 0 radical (unpaired) electrons. The number of benzene rings is 2. The van der Waals surface area contributed by atoms with Crippen LogP contribution in [-0.2, 0) is 11.2 Å². The quantitative estimate of drug-likeness (QED) is 0.439. The zero-order valence-corrected chi connectivity index (χ0v) is 18.9. The molecular weight excluding hydrogens is 450 g/mol. The second-order valence-corrected chi connectivity index (χ2v) is 7.46. The van der Waals surface area contributed by atoms with Gasteiger partial charge in [-0.2, -0.15) is 0 Å². The monoisotopic (exact) mass is 473 g/mol. The Hall–Kier alpha value is -4.22. The summed E-state index contributed by atoms with van der Waals surface area (Å²) in [7, 11) is 3.88. The van der Waals surface area contributed by atoms with Crippen molar-refractivity contribution in [1.82, 2.24) is 10.0 Å². The van der Waals surface area contributed by atoms with Gasteiger partial charge in [-0.05, 0) is 24.1 Å². The van der Waals surface area contributed by atoms with Crippen LogP contribution in [0.1, 0.15) is 22.3 Å². The minimum atomic E-state index is -0.720. The van der Waals surface area contributed by atoms with E-state index < -0.39 is 16.5 Å². The topological polar surface area (TPSA) is 130 Å². The Morgan fingerprint density at radius 2 is 1.71 bits per heavy atom. The lowest BCUT2D eigenvalue weighted by molar-refractivity contribution is -0.386. The van der Waals surface area contributed by atoms with Gasteiger partial charge in [0.1, 0.15) is 5.56 Å². The van der Waals surface area contributed by atoms with E-state index in [1.54, 1.807) is 18.2 Å². The van der Waals surface area contributed by atoms with Crippen molar-refractivity contribution in [3.63, 3.8) is 0 Å². The smallest absolute Gasteiger partial charge is 0.327 e. The lowest BCUT2D eigenvalue weighted by atomic mass is 10.1. The van der Waals surface area contributed by atoms with Crippen LogP contribution in [0.2, 0.25) is 0 Å². The number of hydrogen-bond acceptors (Lipinski definition) is 9. The van der Waals surface area contributed by atoms with E-state index >= 15 is 0 Å². The highest BCUT2D eigenvalue weighted by molar-refractivity contribution is 6.01. The maximum Gasteiger partial charge on any atom is 0.327 e. The molecule has 0 saturated carbocycles. The van der Waals surface area contributed by atoms with Crippen LogP contribution in [0.15, 0.2) is 24.3 Å². The first kappa shape index (κ1) is 23.0. The summed E-state index contributed by atoms with van der Waals surface area (Å²) in [5, 5.41) is 14.4. The summed E-state index contributed by atoms with van der Waals surface area (Å²) in [4.78, 5) is 37.7. The first-order valence-corrected chi connectivity index (χ1v) is 10.4. The van der Waals surface area contributed by atoms with Crippen LogP contribution in [0, 0.1) is 10.1 Å². The summed E-state index contributed by atoms with van der Waals surface area (Å²) in [6, 6.07) is 6.40. The molecule has 2 aromatic carbocycles. The minimum absolute atomic E-state index is 0.00888. The number of nitro benzene ring substituents is 1. The van der Waals surface area contributed by atoms with Gasteiger partial charge >= 0.3 is 5.69 Å². The van der Waals surface area contributed by atoms with Crippen molar-refractivity contribution >= 4 is 17.5 Å². The highest BCUT2D eigenvalue weighted by atomic mass is 16.7. The van der Waals surface area contributed by atoms with Gasteiger partial charge in [0.05, 0.1) is 32.7 Å². The van der Waals surface area contributed by atoms with Crippen molar-refractivity contribution in [2.75, 3.05) is 41.2 Å². The van der Waals surface area contributed by atoms with Gasteiger partial charge in [0.2, 0.25) is 24.2 Å². The van der Waals surface area contributed by atoms with Crippen LogP contribution < -0.4 is 23.7 Å². The lowest BCUT2D eigenvalue weighted by Crippen LogP contribution is -2.45. The molecule has 12 nitrogen and oxygen atoms in total. The Bertz CT molecular complexity index is 1150. The first-order valence-electron chi connectivity index (χ1n) is 10.4. The van der Waals surface area contributed by atoms with Gasteiger partial charge in [0.25, 0.3) is 5.91 Å². The average molecular weight is 473 g/mol. The predicted octanol–water partition coefficient (Wildman–Crippen LogP) is 2.18. The summed E-state index contributed by atoms with van der Waals surface area (Å²) in [6.45, 7) is 0.640. The number of hydrazine groups is 1. The molecule has 2 aromatic rings. The van der Waals surface area contributed by atoms with Gasteiger partial charge in [-0.25, -0.2) is 5.01 Å². The van der Waals surface area contributed by atoms with Crippen molar-refractivity contribution in [1.29, 1.82) is 0 Å². The summed E-state index contributed by atoms with van der Waals surface area (Å²) < 4.78 is 26.3. The molecule has 34 heavy (non-hydrogen) atoms. The number of nitrogens with zero attached hydrogens (tertiary/aromatic N) is 3. The van der Waals surface area contributed by atoms with E-state index in [9.17, 15) is 19.7 Å². The number of carbonyl (C=O) groups excluding carboxylic acids is 2. The summed E-state index contributed by atoms with van der Waals surface area (Å²) in [5.41, 5.74) is -0.158. The Morgan fingerprint density at radius 3 is 2.38 bits per heavy atom. The molecule has 1 fully saturated rings. The predicted molar refractivity (Wildman–Crippen MR) is 116 cm³/mol. The number of nitro groups is 1. The van der Waals surface area contributed by atoms with Crippen LogP contribution in [0.5, 0.6) is 28.7 Å². The van der Waals surface area contributed by atoms with Crippen molar-refractivity contribution in [3.05, 3.63) is 45.5 Å². The second kappa shape index (κ2) is 9.33. The van der Waals surface area contributed by atoms with E-state index in [0.29, 0.717) is 30.0 Å². The van der Waals surface area contributed by atoms with E-state index in [4.69, 9.17) is 23.7 Å². The van der Waals surface area contributed by atoms with Gasteiger partial charge in [0.15, 0.2) is 17.2 Å². The van der Waals surface area contributed by atoms with Crippen molar-refractivity contribution < 1.29 is 38.2 Å². The first-order chi connectivity index (χ1) is 16.4. The van der Waals surface area contributed by atoms with Crippen LogP contribution in [0.4, 0.5) is 5.69 Å². The van der Waals surface area contributed by atoms with Gasteiger partial charge in [-0.15, -0.1) is 0 Å². The normalized spacial score (nSPS) is 14.2. The molecule has 0 aromatic heterocycles. The van der Waals surface area contributed by atoms with Gasteiger partial charge in [-0.1, -0.05) is 6.07 Å². The third kappa shape index (κ3) is 3.98. The SMILES string of the molecule is COc1cc(C(=O)N2CCCN2C(=O)Cc2ccc3c(c2)OCO3)c([N+](=O)[O-])c(OC)c1OC. The van der Waals surface area contributed by atoms with Gasteiger partial charge in [0, 0.05) is 19.2 Å². The number of carbonyl (C=O) groups is 2. The van der Waals surface area contributed by atoms with E-state index in [1.165, 1.54) is 37.4 Å². The zero-order chi connectivity index (χ0) is 24.4. The van der Waals surface area contributed by atoms with Gasteiger partial charge < -0.3 is 23.7 Å². The third-order valence-corrected chi connectivity index (χ3v) is 5.56. The Kier molecular flexibility index (Phi) is 6.30. The number of ether oxygens (including phenoxy) is 5. The molecule has 0 aliphatic carbocycles. The van der Waals surface area contributed by atoms with Crippen LogP contribution in [0.25, 0.3) is 0 Å². The molecule has 1 saturated heterocycles. The van der Waals surface area contributed by atoms with Crippen molar-refractivity contribution in [3.8, 4) is 28.7 Å². The Balaban J connectivity index is 1.64. The lowest BCUT2D eigenvalue weighted by Gasteiger charge is -2.28. The largest absolute Gasteiger partial charge is 0.493 e. The molecule has 4 rings (SSSR count). The molecule has 0 unspecified atom stereocenters.